The molecule has 4 rings (SSSR count). The second kappa shape index (κ2) is 7.85. The Hall–Kier alpha value is -2.11. The first kappa shape index (κ1) is 16.4. The van der Waals surface area contributed by atoms with Gasteiger partial charge in [0, 0.05) is 18.8 Å². The molecular weight excluding hydrogens is 321 g/mol. The highest BCUT2D eigenvalue weighted by Gasteiger charge is 2.17. The first-order chi connectivity index (χ1) is 12.4. The van der Waals surface area contributed by atoms with E-state index in [0.717, 1.165) is 0 Å². The Bertz CT molecular complexity index is 738. The molecule has 0 atom stereocenters. The summed E-state index contributed by atoms with van der Waals surface area (Å²) in [5, 5.41) is 4.25. The summed E-state index contributed by atoms with van der Waals surface area (Å²) in [5.41, 5.74) is 1.37. The van der Waals surface area contributed by atoms with E-state index in [0.29, 0.717) is 0 Å². The van der Waals surface area contributed by atoms with Crippen molar-refractivity contribution in [1.82, 2.24) is 0 Å². The highest BCUT2D eigenvalue weighted by Crippen LogP contribution is 2.33. The van der Waals surface area contributed by atoms with E-state index >= 15 is 0 Å². The Morgan fingerprint density at radius 2 is 1.00 bits per heavy atom. The normalized spacial score (nSPS) is 14.7. The van der Waals surface area contributed by atoms with Gasteiger partial charge < -0.3 is 4.90 Å². The summed E-state index contributed by atoms with van der Waals surface area (Å²) in [7, 11) is -0.494. The van der Waals surface area contributed by atoms with Crippen molar-refractivity contribution in [2.75, 3.05) is 18.0 Å². The van der Waals surface area contributed by atoms with Crippen molar-refractivity contribution in [3.63, 3.8) is 0 Å². The fourth-order valence-corrected chi connectivity index (χ4v) is 5.85. The van der Waals surface area contributed by atoms with Crippen LogP contribution in [-0.4, -0.2) is 13.1 Å². The third-order valence-electron chi connectivity index (χ3n) is 4.86. The van der Waals surface area contributed by atoms with E-state index in [2.05, 4.69) is 89.8 Å². The van der Waals surface area contributed by atoms with Gasteiger partial charge in [-0.05, 0) is 55.2 Å². The van der Waals surface area contributed by atoms with Crippen LogP contribution in [0.3, 0.4) is 0 Å². The topological polar surface area (TPSA) is 3.24 Å². The number of hydrogen-bond donors (Lipinski definition) is 0. The highest BCUT2D eigenvalue weighted by molar-refractivity contribution is 7.79. The lowest BCUT2D eigenvalue weighted by Gasteiger charge is -2.29. The van der Waals surface area contributed by atoms with Crippen LogP contribution in [-0.2, 0) is 0 Å². The Balaban J connectivity index is 1.68. The van der Waals surface area contributed by atoms with Crippen LogP contribution in [0, 0.1) is 0 Å². The van der Waals surface area contributed by atoms with Crippen molar-refractivity contribution in [1.29, 1.82) is 0 Å². The van der Waals surface area contributed by atoms with Crippen LogP contribution in [0.1, 0.15) is 19.3 Å². The van der Waals surface area contributed by atoms with E-state index in [-0.39, 0.29) is 0 Å². The zero-order valence-corrected chi connectivity index (χ0v) is 15.4. The fraction of sp³-hybridized carbons (Fsp3) is 0.217. The van der Waals surface area contributed by atoms with Gasteiger partial charge in [-0.25, -0.2) is 0 Å². The van der Waals surface area contributed by atoms with Crippen LogP contribution in [0.5, 0.6) is 0 Å². The minimum Gasteiger partial charge on any atom is -0.372 e. The van der Waals surface area contributed by atoms with Gasteiger partial charge in [0.25, 0.3) is 0 Å². The van der Waals surface area contributed by atoms with Crippen molar-refractivity contribution in [3.05, 3.63) is 84.9 Å². The van der Waals surface area contributed by atoms with Crippen LogP contribution < -0.4 is 20.8 Å². The molecule has 0 aliphatic carbocycles. The Morgan fingerprint density at radius 3 is 1.52 bits per heavy atom. The van der Waals surface area contributed by atoms with Gasteiger partial charge in [0.05, 0.1) is 0 Å². The molecule has 1 fully saturated rings. The van der Waals surface area contributed by atoms with E-state index in [4.69, 9.17) is 0 Å². The van der Waals surface area contributed by atoms with Crippen molar-refractivity contribution in [2.24, 2.45) is 0 Å². The summed E-state index contributed by atoms with van der Waals surface area (Å²) < 4.78 is 0. The molecule has 25 heavy (non-hydrogen) atoms. The highest BCUT2D eigenvalue weighted by atomic mass is 31.1. The maximum absolute atomic E-state index is 2.53. The number of benzene rings is 3. The van der Waals surface area contributed by atoms with Crippen LogP contribution in [0.15, 0.2) is 84.9 Å². The molecule has 1 nitrogen and oxygen atoms in total. The molecular formula is C23H24NP. The summed E-state index contributed by atoms with van der Waals surface area (Å²) >= 11 is 0. The number of anilines is 1. The lowest BCUT2D eigenvalue weighted by atomic mass is 10.1. The first-order valence-corrected chi connectivity index (χ1v) is 10.5. The molecule has 1 aliphatic heterocycles. The first-order valence-electron chi connectivity index (χ1n) is 9.17. The van der Waals surface area contributed by atoms with E-state index in [1.165, 1.54) is 54.0 Å². The van der Waals surface area contributed by atoms with E-state index in [1.54, 1.807) is 0 Å². The molecule has 0 bridgehead atoms. The van der Waals surface area contributed by atoms with E-state index in [1.807, 2.05) is 0 Å². The van der Waals surface area contributed by atoms with Crippen molar-refractivity contribution in [3.8, 4) is 0 Å². The van der Waals surface area contributed by atoms with Crippen LogP contribution in [0.25, 0.3) is 0 Å². The van der Waals surface area contributed by atoms with Crippen molar-refractivity contribution < 1.29 is 0 Å². The Morgan fingerprint density at radius 1 is 0.520 bits per heavy atom. The van der Waals surface area contributed by atoms with Crippen LogP contribution in [0.4, 0.5) is 5.69 Å². The SMILES string of the molecule is c1ccc(P(c2ccccc2)c2ccc(N3CCCCC3)cc2)cc1. The van der Waals surface area contributed by atoms with Crippen molar-refractivity contribution in [2.45, 2.75) is 19.3 Å². The van der Waals surface area contributed by atoms with Gasteiger partial charge >= 0.3 is 0 Å². The molecule has 126 valence electrons. The quantitative estimate of drug-likeness (QED) is 0.632. The maximum atomic E-state index is 2.53. The number of piperidine rings is 1. The summed E-state index contributed by atoms with van der Waals surface area (Å²) in [4.78, 5) is 2.53. The smallest absolute Gasteiger partial charge is 0.0366 e. The average Bonchev–Trinajstić information content (AvgIpc) is 2.71. The van der Waals surface area contributed by atoms with Crippen molar-refractivity contribution >= 4 is 29.5 Å². The predicted octanol–water partition coefficient (Wildman–Crippen LogP) is 4.44. The molecule has 0 spiro atoms. The van der Waals surface area contributed by atoms with Gasteiger partial charge in [-0.15, -0.1) is 0 Å². The molecule has 1 aliphatic rings. The van der Waals surface area contributed by atoms with Crippen LogP contribution in [0.2, 0.25) is 0 Å². The summed E-state index contributed by atoms with van der Waals surface area (Å²) in [5.74, 6) is 0. The van der Waals surface area contributed by atoms with Gasteiger partial charge in [-0.1, -0.05) is 72.8 Å². The second-order valence-corrected chi connectivity index (χ2v) is 8.79. The molecule has 1 saturated heterocycles. The molecule has 2 heteroatoms. The maximum Gasteiger partial charge on any atom is 0.0366 e. The zero-order valence-electron chi connectivity index (χ0n) is 14.5. The standard InChI is InChI=1S/C23H24NP/c1-4-10-21(11-5-1)25(22-12-6-2-7-13-22)23-16-14-20(15-17-23)24-18-8-3-9-19-24/h1-2,4-7,10-17H,3,8-9,18-19H2. The van der Waals surface area contributed by atoms with Gasteiger partial charge in [-0.3, -0.25) is 0 Å². The minimum absolute atomic E-state index is 0.494. The number of nitrogens with zero attached hydrogens (tertiary/aromatic N) is 1. The average molecular weight is 345 g/mol. The Kier molecular flexibility index (Phi) is 5.14. The molecule has 3 aromatic rings. The van der Waals surface area contributed by atoms with Gasteiger partial charge in [0.15, 0.2) is 0 Å². The minimum atomic E-state index is -0.494. The second-order valence-electron chi connectivity index (χ2n) is 6.57. The van der Waals surface area contributed by atoms with E-state index < -0.39 is 7.92 Å². The predicted molar refractivity (Wildman–Crippen MR) is 111 cm³/mol. The van der Waals surface area contributed by atoms with Gasteiger partial charge in [0.1, 0.15) is 0 Å². The lowest BCUT2D eigenvalue weighted by molar-refractivity contribution is 0.578. The molecule has 0 saturated carbocycles. The van der Waals surface area contributed by atoms with Gasteiger partial charge in [-0.2, -0.15) is 0 Å². The fourth-order valence-electron chi connectivity index (χ4n) is 3.57. The molecule has 0 aromatic heterocycles. The molecule has 0 unspecified atom stereocenters. The summed E-state index contributed by atoms with van der Waals surface area (Å²) in [6.07, 6.45) is 4.02. The third-order valence-corrected chi connectivity index (χ3v) is 7.30. The molecule has 0 amide bonds. The molecule has 0 radical (unpaired) electrons. The number of rotatable bonds is 4. The van der Waals surface area contributed by atoms with Gasteiger partial charge in [0.2, 0.25) is 0 Å². The van der Waals surface area contributed by atoms with E-state index in [9.17, 15) is 0 Å². The molecule has 0 N–H and O–H groups in total. The molecule has 3 aromatic carbocycles. The zero-order chi connectivity index (χ0) is 16.9. The summed E-state index contributed by atoms with van der Waals surface area (Å²) in [6.45, 7) is 2.40. The Labute approximate surface area is 152 Å². The summed E-state index contributed by atoms with van der Waals surface area (Å²) in [6, 6.07) is 31.2. The number of hydrogen-bond acceptors (Lipinski definition) is 1. The lowest BCUT2D eigenvalue weighted by Crippen LogP contribution is -2.29. The third kappa shape index (κ3) is 3.78. The monoisotopic (exact) mass is 345 g/mol. The van der Waals surface area contributed by atoms with Crippen LogP contribution >= 0.6 is 7.92 Å². The molecule has 1 heterocycles. The largest absolute Gasteiger partial charge is 0.372 e.